The zero-order chi connectivity index (χ0) is 11.7. The summed E-state index contributed by atoms with van der Waals surface area (Å²) in [7, 11) is 0. The molecule has 0 amide bonds. The molecule has 0 N–H and O–H groups in total. The first-order valence-electron chi connectivity index (χ1n) is 5.20. The zero-order valence-electron chi connectivity index (χ0n) is 8.92. The third kappa shape index (κ3) is 2.06. The predicted octanol–water partition coefficient (Wildman–Crippen LogP) is 2.48. The van der Waals surface area contributed by atoms with Gasteiger partial charge in [-0.2, -0.15) is 5.10 Å². The number of hydrogen-bond acceptors (Lipinski definition) is 3. The zero-order valence-corrected chi connectivity index (χ0v) is 10.5. The molecule has 17 heavy (non-hydrogen) atoms. The largest absolute Gasteiger partial charge is 0.241 e. The SMILES string of the molecule is Brc1cnc(Cc2cnn3ccccc23)nc1. The molecule has 5 heteroatoms. The number of pyridine rings is 1. The highest BCUT2D eigenvalue weighted by Gasteiger charge is 2.05. The van der Waals surface area contributed by atoms with Gasteiger partial charge >= 0.3 is 0 Å². The normalized spacial score (nSPS) is 10.9. The molecule has 84 valence electrons. The molecule has 0 aliphatic carbocycles. The molecule has 3 heterocycles. The van der Waals surface area contributed by atoms with E-state index in [0.29, 0.717) is 6.42 Å². The van der Waals surface area contributed by atoms with Gasteiger partial charge < -0.3 is 0 Å². The first-order chi connectivity index (χ1) is 8.33. The summed E-state index contributed by atoms with van der Waals surface area (Å²) in [6.45, 7) is 0. The monoisotopic (exact) mass is 288 g/mol. The molecule has 0 fully saturated rings. The summed E-state index contributed by atoms with van der Waals surface area (Å²) in [4.78, 5) is 8.53. The lowest BCUT2D eigenvalue weighted by Gasteiger charge is -1.98. The van der Waals surface area contributed by atoms with Crippen molar-refractivity contribution in [3.63, 3.8) is 0 Å². The fourth-order valence-electron chi connectivity index (χ4n) is 1.72. The third-order valence-electron chi connectivity index (χ3n) is 2.53. The minimum absolute atomic E-state index is 0.695. The van der Waals surface area contributed by atoms with Gasteiger partial charge in [-0.15, -0.1) is 0 Å². The second kappa shape index (κ2) is 4.25. The molecule has 0 aromatic carbocycles. The molecule has 0 saturated heterocycles. The number of fused-ring (bicyclic) bond motifs is 1. The van der Waals surface area contributed by atoms with Crippen molar-refractivity contribution in [2.24, 2.45) is 0 Å². The molecule has 0 aliphatic rings. The molecule has 4 nitrogen and oxygen atoms in total. The molecular weight excluding hydrogens is 280 g/mol. The highest BCUT2D eigenvalue weighted by molar-refractivity contribution is 9.10. The molecule has 3 aromatic rings. The van der Waals surface area contributed by atoms with E-state index in [1.54, 1.807) is 12.4 Å². The summed E-state index contributed by atoms with van der Waals surface area (Å²) in [5.41, 5.74) is 2.23. The summed E-state index contributed by atoms with van der Waals surface area (Å²) in [5, 5.41) is 4.28. The van der Waals surface area contributed by atoms with Gasteiger partial charge in [0.1, 0.15) is 5.82 Å². The Morgan fingerprint density at radius 2 is 1.94 bits per heavy atom. The number of aromatic nitrogens is 4. The Balaban J connectivity index is 1.97. The maximum absolute atomic E-state index is 4.28. The highest BCUT2D eigenvalue weighted by Crippen LogP contribution is 2.13. The molecule has 0 saturated carbocycles. The van der Waals surface area contributed by atoms with Gasteiger partial charge in [-0.25, -0.2) is 14.5 Å². The van der Waals surface area contributed by atoms with Crippen molar-refractivity contribution in [2.75, 3.05) is 0 Å². The Bertz CT molecular complexity index is 645. The van der Waals surface area contributed by atoms with Crippen molar-refractivity contribution in [3.8, 4) is 0 Å². The summed E-state index contributed by atoms with van der Waals surface area (Å²) >= 11 is 3.32. The van der Waals surface area contributed by atoms with Gasteiger partial charge in [-0.1, -0.05) is 6.07 Å². The second-order valence-corrected chi connectivity index (χ2v) is 4.61. The van der Waals surface area contributed by atoms with Crippen LogP contribution in [0.3, 0.4) is 0 Å². The summed E-state index contributed by atoms with van der Waals surface area (Å²) < 4.78 is 2.75. The van der Waals surface area contributed by atoms with Crippen LogP contribution in [-0.2, 0) is 6.42 Å². The maximum atomic E-state index is 4.28. The quantitative estimate of drug-likeness (QED) is 0.728. The van der Waals surface area contributed by atoms with E-state index >= 15 is 0 Å². The van der Waals surface area contributed by atoms with Gasteiger partial charge in [-0.05, 0) is 28.1 Å². The van der Waals surface area contributed by atoms with Crippen molar-refractivity contribution < 1.29 is 0 Å². The van der Waals surface area contributed by atoms with Crippen LogP contribution in [-0.4, -0.2) is 19.6 Å². The van der Waals surface area contributed by atoms with E-state index in [-0.39, 0.29) is 0 Å². The van der Waals surface area contributed by atoms with E-state index in [1.165, 1.54) is 0 Å². The predicted molar refractivity (Wildman–Crippen MR) is 67.7 cm³/mol. The minimum atomic E-state index is 0.695. The topological polar surface area (TPSA) is 43.1 Å². The standard InChI is InChI=1S/C12H9BrN4/c13-10-7-14-12(15-8-10)5-9-6-16-17-4-2-1-3-11(9)17/h1-4,6-8H,5H2. The van der Waals surface area contributed by atoms with Crippen molar-refractivity contribution >= 4 is 21.4 Å². The van der Waals surface area contributed by atoms with E-state index in [4.69, 9.17) is 0 Å². The van der Waals surface area contributed by atoms with Crippen LogP contribution < -0.4 is 0 Å². The van der Waals surface area contributed by atoms with Gasteiger partial charge in [0.15, 0.2) is 0 Å². The molecule has 0 spiro atoms. The van der Waals surface area contributed by atoms with E-state index in [2.05, 4.69) is 31.0 Å². The van der Waals surface area contributed by atoms with Crippen LogP contribution in [0.25, 0.3) is 5.52 Å². The summed E-state index contributed by atoms with van der Waals surface area (Å²) in [5.74, 6) is 0.798. The van der Waals surface area contributed by atoms with Crippen molar-refractivity contribution in [2.45, 2.75) is 6.42 Å². The molecule has 0 atom stereocenters. The van der Waals surface area contributed by atoms with Gasteiger partial charge in [0.25, 0.3) is 0 Å². The van der Waals surface area contributed by atoms with Crippen LogP contribution in [0.2, 0.25) is 0 Å². The van der Waals surface area contributed by atoms with Gasteiger partial charge in [-0.3, -0.25) is 0 Å². The van der Waals surface area contributed by atoms with Crippen LogP contribution in [0.5, 0.6) is 0 Å². The Kier molecular flexibility index (Phi) is 2.60. The molecule has 0 aliphatic heterocycles. The van der Waals surface area contributed by atoms with Crippen molar-refractivity contribution in [3.05, 3.63) is 58.8 Å². The van der Waals surface area contributed by atoms with Crippen LogP contribution >= 0.6 is 15.9 Å². The third-order valence-corrected chi connectivity index (χ3v) is 2.94. The Morgan fingerprint density at radius 3 is 2.76 bits per heavy atom. The fourth-order valence-corrected chi connectivity index (χ4v) is 1.93. The Hall–Kier alpha value is -1.75. The van der Waals surface area contributed by atoms with Crippen LogP contribution in [0, 0.1) is 0 Å². The summed E-state index contributed by atoms with van der Waals surface area (Å²) in [6, 6.07) is 6.00. The smallest absolute Gasteiger partial charge is 0.132 e. The molecule has 0 radical (unpaired) electrons. The van der Waals surface area contributed by atoms with E-state index in [0.717, 1.165) is 21.4 Å². The average molecular weight is 289 g/mol. The highest BCUT2D eigenvalue weighted by atomic mass is 79.9. The lowest BCUT2D eigenvalue weighted by atomic mass is 10.2. The molecular formula is C12H9BrN4. The molecule has 3 rings (SSSR count). The van der Waals surface area contributed by atoms with Gasteiger partial charge in [0.05, 0.1) is 16.2 Å². The van der Waals surface area contributed by atoms with Crippen molar-refractivity contribution in [1.82, 2.24) is 19.6 Å². The number of rotatable bonds is 2. The number of hydrogen-bond donors (Lipinski definition) is 0. The van der Waals surface area contributed by atoms with E-state index in [1.807, 2.05) is 35.1 Å². The lowest BCUT2D eigenvalue weighted by molar-refractivity contribution is 0.960. The number of halogens is 1. The van der Waals surface area contributed by atoms with E-state index < -0.39 is 0 Å². The Labute approximate surface area is 106 Å². The van der Waals surface area contributed by atoms with E-state index in [9.17, 15) is 0 Å². The van der Waals surface area contributed by atoms with Gasteiger partial charge in [0, 0.05) is 30.6 Å². The maximum Gasteiger partial charge on any atom is 0.132 e. The number of nitrogens with zero attached hydrogens (tertiary/aromatic N) is 4. The van der Waals surface area contributed by atoms with Crippen LogP contribution in [0.15, 0.2) is 47.5 Å². The first-order valence-corrected chi connectivity index (χ1v) is 6.00. The first kappa shape index (κ1) is 10.4. The summed E-state index contributed by atoms with van der Waals surface area (Å²) in [6.07, 6.45) is 8.00. The minimum Gasteiger partial charge on any atom is -0.241 e. The van der Waals surface area contributed by atoms with Crippen LogP contribution in [0.4, 0.5) is 0 Å². The lowest BCUT2D eigenvalue weighted by Crippen LogP contribution is -1.95. The molecule has 0 unspecified atom stereocenters. The van der Waals surface area contributed by atoms with Crippen molar-refractivity contribution in [1.29, 1.82) is 0 Å². The molecule has 0 bridgehead atoms. The van der Waals surface area contributed by atoms with Gasteiger partial charge in [0.2, 0.25) is 0 Å². The molecule has 3 aromatic heterocycles. The second-order valence-electron chi connectivity index (χ2n) is 3.69. The average Bonchev–Trinajstić information content (AvgIpc) is 2.76. The van der Waals surface area contributed by atoms with Crippen LogP contribution in [0.1, 0.15) is 11.4 Å². The fraction of sp³-hybridized carbons (Fsp3) is 0.0833. The Morgan fingerprint density at radius 1 is 1.12 bits per heavy atom.